The van der Waals surface area contributed by atoms with Gasteiger partial charge in [-0.15, -0.1) is 0 Å². The summed E-state index contributed by atoms with van der Waals surface area (Å²) in [5.41, 5.74) is 0. The van der Waals surface area contributed by atoms with Gasteiger partial charge in [-0.3, -0.25) is 4.90 Å². The molecule has 116 valence electrons. The SMILES string of the molecule is CC(CN1CCOCC1)Nc1cc(N2CCCC2)ncn1. The number of nitrogens with one attached hydrogen (secondary N) is 1. The van der Waals surface area contributed by atoms with Gasteiger partial charge in [0.1, 0.15) is 18.0 Å². The van der Waals surface area contributed by atoms with E-state index in [2.05, 4.69) is 38.1 Å². The average Bonchev–Trinajstić information content (AvgIpc) is 3.02. The molecule has 6 nitrogen and oxygen atoms in total. The third-order valence-electron chi connectivity index (χ3n) is 4.11. The molecule has 0 spiro atoms. The Labute approximate surface area is 126 Å². The lowest BCUT2D eigenvalue weighted by Crippen LogP contribution is -2.42. The van der Waals surface area contributed by atoms with Crippen LogP contribution in [0.15, 0.2) is 12.4 Å². The summed E-state index contributed by atoms with van der Waals surface area (Å²) in [4.78, 5) is 13.5. The lowest BCUT2D eigenvalue weighted by Gasteiger charge is -2.29. The van der Waals surface area contributed by atoms with Crippen molar-refractivity contribution in [2.24, 2.45) is 0 Å². The maximum Gasteiger partial charge on any atom is 0.134 e. The summed E-state index contributed by atoms with van der Waals surface area (Å²) in [5, 5.41) is 3.49. The minimum Gasteiger partial charge on any atom is -0.379 e. The van der Waals surface area contributed by atoms with Crippen molar-refractivity contribution < 1.29 is 4.74 Å². The fourth-order valence-corrected chi connectivity index (χ4v) is 3.01. The molecule has 1 aromatic heterocycles. The van der Waals surface area contributed by atoms with Gasteiger partial charge in [0.2, 0.25) is 0 Å². The number of rotatable bonds is 5. The first-order chi connectivity index (χ1) is 10.3. The molecule has 2 aliphatic heterocycles. The highest BCUT2D eigenvalue weighted by molar-refractivity contribution is 5.49. The zero-order chi connectivity index (χ0) is 14.5. The van der Waals surface area contributed by atoms with Crippen molar-refractivity contribution in [3.63, 3.8) is 0 Å². The summed E-state index contributed by atoms with van der Waals surface area (Å²) in [5.74, 6) is 1.97. The molecule has 0 amide bonds. The predicted molar refractivity (Wildman–Crippen MR) is 83.8 cm³/mol. The largest absolute Gasteiger partial charge is 0.379 e. The number of ether oxygens (including phenoxy) is 1. The fraction of sp³-hybridized carbons (Fsp3) is 0.733. The first-order valence-corrected chi connectivity index (χ1v) is 7.95. The second-order valence-corrected chi connectivity index (χ2v) is 5.91. The van der Waals surface area contributed by atoms with Gasteiger partial charge in [0, 0.05) is 44.8 Å². The maximum absolute atomic E-state index is 5.38. The molecule has 0 saturated carbocycles. The van der Waals surface area contributed by atoms with Crippen molar-refractivity contribution in [1.29, 1.82) is 0 Å². The highest BCUT2D eigenvalue weighted by Crippen LogP contribution is 2.19. The normalized spacial score (nSPS) is 21.5. The number of morpholine rings is 1. The van der Waals surface area contributed by atoms with Crippen LogP contribution in [0.3, 0.4) is 0 Å². The molecule has 0 aliphatic carbocycles. The summed E-state index contributed by atoms with van der Waals surface area (Å²) >= 11 is 0. The van der Waals surface area contributed by atoms with Gasteiger partial charge in [-0.1, -0.05) is 0 Å². The Morgan fingerprint density at radius 2 is 1.95 bits per heavy atom. The summed E-state index contributed by atoms with van der Waals surface area (Å²) in [6.07, 6.45) is 4.19. The first-order valence-electron chi connectivity index (χ1n) is 7.95. The molecule has 6 heteroatoms. The zero-order valence-electron chi connectivity index (χ0n) is 12.8. The quantitative estimate of drug-likeness (QED) is 0.880. The van der Waals surface area contributed by atoms with Crippen molar-refractivity contribution in [2.75, 3.05) is 56.2 Å². The molecule has 2 aliphatic rings. The van der Waals surface area contributed by atoms with E-state index in [0.29, 0.717) is 6.04 Å². The molecule has 1 atom stereocenters. The summed E-state index contributed by atoms with van der Waals surface area (Å²) in [6, 6.07) is 2.44. The number of aromatic nitrogens is 2. The van der Waals surface area contributed by atoms with E-state index in [1.54, 1.807) is 6.33 Å². The third-order valence-corrected chi connectivity index (χ3v) is 4.11. The van der Waals surface area contributed by atoms with Crippen molar-refractivity contribution in [3.8, 4) is 0 Å². The Hall–Kier alpha value is -1.40. The standard InChI is InChI=1S/C15H25N5O/c1-13(11-19-6-8-21-9-7-19)18-14-10-15(17-12-16-14)20-4-2-3-5-20/h10,12-13H,2-9,11H2,1H3,(H,16,17,18). The Morgan fingerprint density at radius 3 is 2.71 bits per heavy atom. The Bertz CT molecular complexity index is 443. The van der Waals surface area contributed by atoms with E-state index in [1.165, 1.54) is 12.8 Å². The van der Waals surface area contributed by atoms with E-state index in [0.717, 1.165) is 57.6 Å². The molecular formula is C15H25N5O. The van der Waals surface area contributed by atoms with Gasteiger partial charge in [0.25, 0.3) is 0 Å². The molecule has 3 heterocycles. The molecule has 0 radical (unpaired) electrons. The Morgan fingerprint density at radius 1 is 1.19 bits per heavy atom. The van der Waals surface area contributed by atoms with Crippen LogP contribution in [0.5, 0.6) is 0 Å². The smallest absolute Gasteiger partial charge is 0.134 e. The van der Waals surface area contributed by atoms with Crippen LogP contribution < -0.4 is 10.2 Å². The van der Waals surface area contributed by atoms with Gasteiger partial charge in [-0.25, -0.2) is 9.97 Å². The van der Waals surface area contributed by atoms with Crippen molar-refractivity contribution >= 4 is 11.6 Å². The van der Waals surface area contributed by atoms with Gasteiger partial charge < -0.3 is 15.0 Å². The summed E-state index contributed by atoms with van der Waals surface area (Å²) < 4.78 is 5.38. The number of anilines is 2. The van der Waals surface area contributed by atoms with Gasteiger partial charge in [0.05, 0.1) is 13.2 Å². The van der Waals surface area contributed by atoms with E-state index in [1.807, 2.05) is 0 Å². The number of hydrogen-bond acceptors (Lipinski definition) is 6. The minimum atomic E-state index is 0.365. The van der Waals surface area contributed by atoms with Gasteiger partial charge in [-0.05, 0) is 19.8 Å². The van der Waals surface area contributed by atoms with E-state index in [4.69, 9.17) is 4.74 Å². The van der Waals surface area contributed by atoms with Crippen LogP contribution in [-0.2, 0) is 4.74 Å². The topological polar surface area (TPSA) is 53.5 Å². The van der Waals surface area contributed by atoms with Crippen LogP contribution in [0.1, 0.15) is 19.8 Å². The molecule has 1 aromatic rings. The molecule has 21 heavy (non-hydrogen) atoms. The number of nitrogens with zero attached hydrogens (tertiary/aromatic N) is 4. The molecule has 1 N–H and O–H groups in total. The summed E-state index contributed by atoms with van der Waals surface area (Å²) in [6.45, 7) is 9.18. The predicted octanol–water partition coefficient (Wildman–Crippen LogP) is 1.21. The summed E-state index contributed by atoms with van der Waals surface area (Å²) in [7, 11) is 0. The highest BCUT2D eigenvalue weighted by atomic mass is 16.5. The van der Waals surface area contributed by atoms with E-state index in [-0.39, 0.29) is 0 Å². The molecule has 1 unspecified atom stereocenters. The molecule has 0 bridgehead atoms. The van der Waals surface area contributed by atoms with Crippen molar-refractivity contribution in [2.45, 2.75) is 25.8 Å². The average molecular weight is 291 g/mol. The van der Waals surface area contributed by atoms with Crippen LogP contribution >= 0.6 is 0 Å². The van der Waals surface area contributed by atoms with Gasteiger partial charge in [0.15, 0.2) is 0 Å². The van der Waals surface area contributed by atoms with Crippen LogP contribution in [0.25, 0.3) is 0 Å². The van der Waals surface area contributed by atoms with Crippen LogP contribution in [0.4, 0.5) is 11.6 Å². The van der Waals surface area contributed by atoms with Gasteiger partial charge >= 0.3 is 0 Å². The highest BCUT2D eigenvalue weighted by Gasteiger charge is 2.16. The van der Waals surface area contributed by atoms with E-state index in [9.17, 15) is 0 Å². The molecule has 0 aromatic carbocycles. The molecule has 2 saturated heterocycles. The molecular weight excluding hydrogens is 266 g/mol. The fourth-order valence-electron chi connectivity index (χ4n) is 3.01. The van der Waals surface area contributed by atoms with Crippen molar-refractivity contribution in [3.05, 3.63) is 12.4 Å². The molecule has 2 fully saturated rings. The van der Waals surface area contributed by atoms with Crippen LogP contribution in [0.2, 0.25) is 0 Å². The van der Waals surface area contributed by atoms with E-state index < -0.39 is 0 Å². The lowest BCUT2D eigenvalue weighted by molar-refractivity contribution is 0.0368. The van der Waals surface area contributed by atoms with Crippen molar-refractivity contribution in [1.82, 2.24) is 14.9 Å². The van der Waals surface area contributed by atoms with Crippen LogP contribution in [-0.4, -0.2) is 66.8 Å². The lowest BCUT2D eigenvalue weighted by atomic mass is 10.3. The maximum atomic E-state index is 5.38. The monoisotopic (exact) mass is 291 g/mol. The Kier molecular flexibility index (Phi) is 4.87. The first kappa shape index (κ1) is 14.5. The number of hydrogen-bond donors (Lipinski definition) is 1. The third kappa shape index (κ3) is 4.04. The van der Waals surface area contributed by atoms with E-state index >= 15 is 0 Å². The second kappa shape index (κ2) is 7.04. The van der Waals surface area contributed by atoms with Gasteiger partial charge in [-0.2, -0.15) is 0 Å². The molecule has 3 rings (SSSR count). The minimum absolute atomic E-state index is 0.365. The zero-order valence-corrected chi connectivity index (χ0v) is 12.8. The van der Waals surface area contributed by atoms with Crippen LogP contribution in [0, 0.1) is 0 Å². The second-order valence-electron chi connectivity index (χ2n) is 5.91. The Balaban J connectivity index is 1.54.